The Morgan fingerprint density at radius 3 is 2.28 bits per heavy atom. The highest BCUT2D eigenvalue weighted by atomic mass is 32.2. The maximum Gasteiger partial charge on any atom is 0.304 e. The first-order chi connectivity index (χ1) is 14.1. The van der Waals surface area contributed by atoms with Gasteiger partial charge in [-0.05, 0) is 46.7 Å². The molecule has 6 heteroatoms. The molecule has 0 aliphatic heterocycles. The molecule has 3 aromatic carbocycles. The van der Waals surface area contributed by atoms with E-state index in [9.17, 15) is 9.59 Å². The Morgan fingerprint density at radius 1 is 0.862 bits per heavy atom. The Morgan fingerprint density at radius 2 is 1.55 bits per heavy atom. The number of ether oxygens (including phenoxy) is 2. The van der Waals surface area contributed by atoms with Gasteiger partial charge in [0.1, 0.15) is 24.7 Å². The fraction of sp³-hybridized carbons (Fsp3) is 0.217. The van der Waals surface area contributed by atoms with Gasteiger partial charge in [0.15, 0.2) is 5.78 Å². The van der Waals surface area contributed by atoms with Crippen LogP contribution in [0.2, 0.25) is 0 Å². The summed E-state index contributed by atoms with van der Waals surface area (Å²) >= 11 is 1.30. The van der Waals surface area contributed by atoms with Gasteiger partial charge >= 0.3 is 5.97 Å². The number of hydrogen-bond donors (Lipinski definition) is 1. The number of hydrogen-bond acceptors (Lipinski definition) is 5. The molecule has 0 saturated carbocycles. The van der Waals surface area contributed by atoms with E-state index in [0.717, 1.165) is 11.3 Å². The molecule has 29 heavy (non-hydrogen) atoms. The molecule has 0 spiro atoms. The van der Waals surface area contributed by atoms with Crippen molar-refractivity contribution in [2.24, 2.45) is 0 Å². The van der Waals surface area contributed by atoms with E-state index >= 15 is 0 Å². The van der Waals surface area contributed by atoms with E-state index in [-0.39, 0.29) is 24.6 Å². The van der Waals surface area contributed by atoms with Gasteiger partial charge in [-0.25, -0.2) is 0 Å². The Labute approximate surface area is 173 Å². The Balaban J connectivity index is 1.42. The van der Waals surface area contributed by atoms with E-state index in [0.29, 0.717) is 18.1 Å². The Bertz CT molecular complexity index is 968. The topological polar surface area (TPSA) is 72.8 Å². The monoisotopic (exact) mass is 410 g/mol. The molecule has 0 atom stereocenters. The van der Waals surface area contributed by atoms with E-state index in [4.69, 9.17) is 14.6 Å². The van der Waals surface area contributed by atoms with Gasteiger partial charge in [-0.1, -0.05) is 36.4 Å². The second-order valence-electron chi connectivity index (χ2n) is 6.47. The molecular weight excluding hydrogens is 388 g/mol. The number of carbonyl (C=O) groups is 2. The van der Waals surface area contributed by atoms with Crippen molar-refractivity contribution in [1.29, 1.82) is 0 Å². The van der Waals surface area contributed by atoms with Gasteiger partial charge < -0.3 is 14.6 Å². The molecule has 0 amide bonds. The smallest absolute Gasteiger partial charge is 0.304 e. The summed E-state index contributed by atoms with van der Waals surface area (Å²) in [7, 11) is 0. The number of rotatable bonds is 11. The maximum absolute atomic E-state index is 11.8. The lowest BCUT2D eigenvalue weighted by molar-refractivity contribution is -0.136. The minimum Gasteiger partial charge on any atom is -0.489 e. The number of aliphatic carboxylic acids is 1. The van der Waals surface area contributed by atoms with E-state index in [2.05, 4.69) is 30.3 Å². The van der Waals surface area contributed by atoms with Crippen molar-refractivity contribution in [2.75, 3.05) is 18.1 Å². The van der Waals surface area contributed by atoms with Gasteiger partial charge in [-0.15, -0.1) is 0 Å². The number of carboxylic acids is 1. The zero-order valence-corrected chi connectivity index (χ0v) is 16.7. The highest BCUT2D eigenvalue weighted by Gasteiger charge is 2.05. The number of thioether (sulfide) groups is 1. The van der Waals surface area contributed by atoms with Crippen LogP contribution in [0.15, 0.2) is 66.7 Å². The third kappa shape index (κ3) is 6.84. The molecule has 0 unspecified atom stereocenters. The lowest BCUT2D eigenvalue weighted by Gasteiger charge is -2.09. The van der Waals surface area contributed by atoms with Crippen molar-refractivity contribution in [2.45, 2.75) is 13.0 Å². The van der Waals surface area contributed by atoms with Crippen LogP contribution in [0.1, 0.15) is 12.0 Å². The molecule has 5 nitrogen and oxygen atoms in total. The lowest BCUT2D eigenvalue weighted by atomic mass is 10.1. The summed E-state index contributed by atoms with van der Waals surface area (Å²) < 4.78 is 11.3. The van der Waals surface area contributed by atoms with Gasteiger partial charge in [-0.3, -0.25) is 9.59 Å². The summed E-state index contributed by atoms with van der Waals surface area (Å²) in [5.41, 5.74) is 1.09. The Kier molecular flexibility index (Phi) is 7.53. The van der Waals surface area contributed by atoms with E-state index in [1.54, 1.807) is 12.1 Å². The number of benzene rings is 3. The average Bonchev–Trinajstić information content (AvgIpc) is 2.74. The lowest BCUT2D eigenvalue weighted by Crippen LogP contribution is -2.14. The molecule has 0 aliphatic carbocycles. The van der Waals surface area contributed by atoms with Crippen LogP contribution in [-0.2, 0) is 16.2 Å². The highest BCUT2D eigenvalue weighted by Crippen LogP contribution is 2.20. The number of Topliss-reactive ketones (excluding diaryl/α,β-unsaturated/α-hetero) is 1. The molecule has 0 aliphatic rings. The number of ketones is 1. The second kappa shape index (κ2) is 10.5. The van der Waals surface area contributed by atoms with Crippen molar-refractivity contribution in [3.63, 3.8) is 0 Å². The third-order valence-corrected chi connectivity index (χ3v) is 5.19. The summed E-state index contributed by atoms with van der Waals surface area (Å²) in [6.45, 7) is 0.439. The quantitative estimate of drug-likeness (QED) is 0.467. The minimum atomic E-state index is -0.857. The van der Waals surface area contributed by atoms with Gasteiger partial charge in [0.25, 0.3) is 0 Å². The summed E-state index contributed by atoms with van der Waals surface area (Å²) in [6, 6.07) is 21.6. The molecule has 3 rings (SSSR count). The van der Waals surface area contributed by atoms with Crippen molar-refractivity contribution in [3.05, 3.63) is 72.3 Å². The van der Waals surface area contributed by atoms with E-state index in [1.807, 2.05) is 24.3 Å². The minimum absolute atomic E-state index is 0.0304. The summed E-state index contributed by atoms with van der Waals surface area (Å²) in [4.78, 5) is 22.2. The first-order valence-corrected chi connectivity index (χ1v) is 10.4. The van der Waals surface area contributed by atoms with Gasteiger partial charge in [0.05, 0.1) is 12.2 Å². The van der Waals surface area contributed by atoms with Crippen molar-refractivity contribution < 1.29 is 24.2 Å². The molecular formula is C23H22O5S. The zero-order chi connectivity index (χ0) is 20.5. The summed E-state index contributed by atoms with van der Waals surface area (Å²) in [5, 5.41) is 10.9. The molecule has 0 fully saturated rings. The third-order valence-electron chi connectivity index (χ3n) is 4.17. The van der Waals surface area contributed by atoms with Crippen molar-refractivity contribution in [3.8, 4) is 11.5 Å². The van der Waals surface area contributed by atoms with Crippen LogP contribution < -0.4 is 9.47 Å². The van der Waals surface area contributed by atoms with Crippen molar-refractivity contribution in [1.82, 2.24) is 0 Å². The van der Waals surface area contributed by atoms with Crippen LogP contribution in [0.25, 0.3) is 10.8 Å². The van der Waals surface area contributed by atoms with Gasteiger partial charge in [0.2, 0.25) is 0 Å². The predicted molar refractivity (Wildman–Crippen MR) is 115 cm³/mol. The molecule has 0 aromatic heterocycles. The normalized spacial score (nSPS) is 10.6. The van der Waals surface area contributed by atoms with Crippen LogP contribution in [0.3, 0.4) is 0 Å². The largest absolute Gasteiger partial charge is 0.489 e. The molecule has 1 N–H and O–H groups in total. The van der Waals surface area contributed by atoms with Gasteiger partial charge in [0, 0.05) is 5.75 Å². The maximum atomic E-state index is 11.8. The van der Waals surface area contributed by atoms with Crippen LogP contribution in [-0.4, -0.2) is 35.0 Å². The van der Waals surface area contributed by atoms with Crippen LogP contribution in [0.4, 0.5) is 0 Å². The van der Waals surface area contributed by atoms with Crippen LogP contribution >= 0.6 is 11.8 Å². The zero-order valence-electron chi connectivity index (χ0n) is 15.9. The number of carboxylic acid groups (broad SMARTS) is 1. The van der Waals surface area contributed by atoms with E-state index < -0.39 is 5.97 Å². The molecule has 150 valence electrons. The van der Waals surface area contributed by atoms with Crippen molar-refractivity contribution >= 4 is 34.3 Å². The molecule has 0 bridgehead atoms. The molecule has 0 radical (unpaired) electrons. The van der Waals surface area contributed by atoms with Crippen LogP contribution in [0, 0.1) is 0 Å². The fourth-order valence-corrected chi connectivity index (χ4v) is 3.45. The number of carbonyl (C=O) groups excluding carboxylic acids is 1. The first kappa shape index (κ1) is 20.7. The fourth-order valence-electron chi connectivity index (χ4n) is 2.68. The van der Waals surface area contributed by atoms with Gasteiger partial charge in [-0.2, -0.15) is 11.8 Å². The molecule has 0 heterocycles. The average molecular weight is 410 g/mol. The Hall–Kier alpha value is -2.99. The highest BCUT2D eigenvalue weighted by molar-refractivity contribution is 7.99. The van der Waals surface area contributed by atoms with Crippen LogP contribution in [0.5, 0.6) is 11.5 Å². The molecule has 3 aromatic rings. The summed E-state index contributed by atoms with van der Waals surface area (Å²) in [5.74, 6) is 1.05. The first-order valence-electron chi connectivity index (χ1n) is 9.25. The molecule has 0 saturated heterocycles. The summed E-state index contributed by atoms with van der Waals surface area (Å²) in [6.07, 6.45) is 0.0550. The second-order valence-corrected chi connectivity index (χ2v) is 7.57. The standard InChI is InChI=1S/C23H22O5S/c24-20(16-29-12-11-23(25)26)15-28-22-9-7-21(8-10-22)27-14-17-5-6-18-3-1-2-4-19(18)13-17/h1-10,13H,11-12,14-16H2,(H,25,26). The number of fused-ring (bicyclic) bond motifs is 1. The van der Waals surface area contributed by atoms with E-state index in [1.165, 1.54) is 22.5 Å². The SMILES string of the molecule is O=C(O)CCSCC(=O)COc1ccc(OCc2ccc3ccccc3c2)cc1. The predicted octanol–water partition coefficient (Wildman–Crippen LogP) is 4.57.